The number of para-hydroxylation sites is 2. The molecule has 0 atom stereocenters. The highest BCUT2D eigenvalue weighted by Crippen LogP contribution is 2.25. The number of H-pyrrole nitrogens is 2. The molecule has 6 nitrogen and oxygen atoms in total. The zero-order valence-corrected chi connectivity index (χ0v) is 9.21. The molecule has 2 rings (SSSR count). The van der Waals surface area contributed by atoms with Gasteiger partial charge in [0.25, 0.3) is 0 Å². The fourth-order valence-corrected chi connectivity index (χ4v) is 1.14. The number of hydrogen-bond acceptors (Lipinski definition) is 4. The third-order valence-corrected chi connectivity index (χ3v) is 1.73. The van der Waals surface area contributed by atoms with Crippen molar-refractivity contribution in [2.75, 3.05) is 0 Å². The van der Waals surface area contributed by atoms with Crippen molar-refractivity contribution in [2.45, 2.75) is 6.18 Å². The van der Waals surface area contributed by atoms with E-state index in [4.69, 9.17) is 18.6 Å². The number of rotatable bonds is 0. The van der Waals surface area contributed by atoms with Crippen LogP contribution in [0.1, 0.15) is 5.82 Å². The summed E-state index contributed by atoms with van der Waals surface area (Å²) >= 11 is 0. The third kappa shape index (κ3) is 4.85. The van der Waals surface area contributed by atoms with Gasteiger partial charge in [0, 0.05) is 0 Å². The van der Waals surface area contributed by atoms with E-state index in [0.29, 0.717) is 11.0 Å². The molecule has 0 aliphatic carbocycles. The van der Waals surface area contributed by atoms with Gasteiger partial charge in [-0.05, 0) is 12.1 Å². The van der Waals surface area contributed by atoms with Crippen LogP contribution in [0.4, 0.5) is 13.2 Å². The van der Waals surface area contributed by atoms with E-state index < -0.39 is 22.2 Å². The van der Waals surface area contributed by atoms with E-state index in [1.165, 1.54) is 0 Å². The Morgan fingerprint density at radius 3 is 2.00 bits per heavy atom. The van der Waals surface area contributed by atoms with Crippen molar-refractivity contribution in [2.24, 2.45) is 0 Å². The lowest BCUT2D eigenvalue weighted by molar-refractivity contribution is -2.00. The molecule has 0 saturated heterocycles. The maximum absolute atomic E-state index is 12.2. The van der Waals surface area contributed by atoms with Crippen molar-refractivity contribution >= 4 is 11.0 Å². The van der Waals surface area contributed by atoms with Crippen LogP contribution in [-0.4, -0.2) is 4.98 Å². The lowest BCUT2D eigenvalue weighted by Gasteiger charge is -2.17. The fourth-order valence-electron chi connectivity index (χ4n) is 1.14. The smallest absolute Gasteiger partial charge is 0.233 e. The highest BCUT2D eigenvalue weighted by Gasteiger charge is 2.40. The first-order valence-electron chi connectivity index (χ1n) is 4.26. The first kappa shape index (κ1) is 14.7. The van der Waals surface area contributed by atoms with E-state index in [1.807, 2.05) is 0 Å². The summed E-state index contributed by atoms with van der Waals surface area (Å²) in [6.45, 7) is 0. The maximum atomic E-state index is 12.2. The molecule has 0 unspecified atom stereocenters. The number of aromatic nitrogens is 2. The Balaban J connectivity index is 0.000000280. The van der Waals surface area contributed by atoms with Crippen molar-refractivity contribution < 1.29 is 47.0 Å². The Bertz CT molecular complexity index is 484. The van der Waals surface area contributed by atoms with Gasteiger partial charge in [-0.3, -0.25) is 0 Å². The number of imidazole rings is 1. The molecular weight excluding hydrogens is 281 g/mol. The summed E-state index contributed by atoms with van der Waals surface area (Å²) < 4.78 is 70.5. The Labute approximate surface area is 100 Å². The van der Waals surface area contributed by atoms with Crippen molar-refractivity contribution in [1.82, 2.24) is 4.98 Å². The summed E-state index contributed by atoms with van der Waals surface area (Å²) in [7, 11) is -4.94. The van der Waals surface area contributed by atoms with E-state index in [9.17, 15) is 13.2 Å². The van der Waals surface area contributed by atoms with Gasteiger partial charge in [-0.25, -0.2) is 28.6 Å². The number of nitrogens with one attached hydrogen (secondary N) is 2. The average Bonchev–Trinajstić information content (AvgIpc) is 2.57. The number of alkyl halides is 3. The predicted molar refractivity (Wildman–Crippen MR) is 39.9 cm³/mol. The van der Waals surface area contributed by atoms with Gasteiger partial charge in [0.1, 0.15) is 0 Å². The lowest BCUT2D eigenvalue weighted by atomic mass is 10.3. The largest absolute Gasteiger partial charge is 0.494 e. The zero-order valence-electron chi connectivity index (χ0n) is 8.45. The molecule has 0 radical (unpaired) electrons. The predicted octanol–water partition coefficient (Wildman–Crippen LogP) is -2.76. The van der Waals surface area contributed by atoms with Gasteiger partial charge < -0.3 is 0 Å². The van der Waals surface area contributed by atoms with Crippen LogP contribution in [0.25, 0.3) is 11.0 Å². The molecule has 0 amide bonds. The van der Waals surface area contributed by atoms with Crippen LogP contribution in [0.3, 0.4) is 0 Å². The van der Waals surface area contributed by atoms with Gasteiger partial charge in [0.05, 0.1) is 0 Å². The molecule has 0 aliphatic rings. The van der Waals surface area contributed by atoms with E-state index in [-0.39, 0.29) is 0 Å². The number of benzene rings is 1. The monoisotopic (exact) mass is 286 g/mol. The second-order valence-corrected chi connectivity index (χ2v) is 3.80. The van der Waals surface area contributed by atoms with Gasteiger partial charge in [0.15, 0.2) is 11.0 Å². The molecule has 2 N–H and O–H groups in total. The van der Waals surface area contributed by atoms with E-state index >= 15 is 0 Å². The molecule has 0 aliphatic heterocycles. The van der Waals surface area contributed by atoms with Gasteiger partial charge in [-0.1, -0.05) is 12.1 Å². The summed E-state index contributed by atoms with van der Waals surface area (Å²) in [5.41, 5.74) is 0.907. The Hall–Kier alpha value is -1.39. The normalized spacial score (nSPS) is 12.2. The Morgan fingerprint density at radius 1 is 1.06 bits per heavy atom. The topological polar surface area (TPSA) is 122 Å². The van der Waals surface area contributed by atoms with Crippen molar-refractivity contribution in [3.8, 4) is 0 Å². The first-order valence-corrected chi connectivity index (χ1v) is 5.50. The highest BCUT2D eigenvalue weighted by atomic mass is 35.7. The van der Waals surface area contributed by atoms with E-state index in [0.717, 1.165) is 0 Å². The minimum atomic E-state index is -4.94. The molecule has 1 aromatic heterocycles. The Morgan fingerprint density at radius 2 is 1.56 bits per heavy atom. The van der Waals surface area contributed by atoms with Crippen LogP contribution in [0, 0.1) is 10.2 Å². The molecule has 2 aromatic rings. The molecule has 0 fully saturated rings. The maximum Gasteiger partial charge on any atom is 0.494 e. The molecule has 1 aromatic carbocycles. The summed E-state index contributed by atoms with van der Waals surface area (Å²) in [6.07, 6.45) is -4.35. The van der Waals surface area contributed by atoms with Crippen molar-refractivity contribution in [1.29, 1.82) is 0 Å². The average molecular weight is 287 g/mol. The number of hydrogen-bond donors (Lipinski definition) is 1. The minimum Gasteiger partial charge on any atom is -0.233 e. The Kier molecular flexibility index (Phi) is 4.14. The van der Waals surface area contributed by atoms with Crippen LogP contribution < -0.4 is 23.6 Å². The summed E-state index contributed by atoms with van der Waals surface area (Å²) in [5.74, 6) is -0.825. The number of aromatic amines is 2. The van der Waals surface area contributed by atoms with Gasteiger partial charge in [-0.2, -0.15) is 13.2 Å². The molecular formula is C8H6ClF3N2O4. The van der Waals surface area contributed by atoms with Crippen LogP contribution in [0.15, 0.2) is 24.3 Å². The fraction of sp³-hybridized carbons (Fsp3) is 0.125. The second-order valence-electron chi connectivity index (χ2n) is 3.05. The SMILES string of the molecule is FC(F)(F)c1[nH]c2ccccc2[nH+]1.[O-][Cl+3]([O-])([O-])[O-]. The van der Waals surface area contributed by atoms with E-state index in [2.05, 4.69) is 9.97 Å². The molecule has 0 spiro atoms. The molecule has 0 bridgehead atoms. The molecule has 0 saturated carbocycles. The lowest BCUT2D eigenvalue weighted by Crippen LogP contribution is -2.68. The van der Waals surface area contributed by atoms with Crippen LogP contribution in [0.2, 0.25) is 0 Å². The van der Waals surface area contributed by atoms with Crippen molar-refractivity contribution in [3.63, 3.8) is 0 Å². The summed E-state index contributed by atoms with van der Waals surface area (Å²) in [4.78, 5) is 4.51. The van der Waals surface area contributed by atoms with Gasteiger partial charge in [0.2, 0.25) is 0 Å². The molecule has 1 heterocycles. The highest BCUT2D eigenvalue weighted by molar-refractivity contribution is 5.70. The van der Waals surface area contributed by atoms with Crippen LogP contribution in [0.5, 0.6) is 0 Å². The molecule has 100 valence electrons. The molecule has 18 heavy (non-hydrogen) atoms. The summed E-state index contributed by atoms with van der Waals surface area (Å²) in [5, 5.41) is 0. The first-order chi connectivity index (χ1) is 8.07. The molecule has 10 heteroatoms. The number of halogens is 4. The van der Waals surface area contributed by atoms with E-state index in [1.54, 1.807) is 24.3 Å². The third-order valence-electron chi connectivity index (χ3n) is 1.73. The second kappa shape index (κ2) is 5.08. The zero-order chi connectivity index (χ0) is 14.0. The quantitative estimate of drug-likeness (QED) is 0.564. The minimum absolute atomic E-state index is 0.454. The summed E-state index contributed by atoms with van der Waals surface area (Å²) in [6, 6.07) is 6.52. The number of fused-ring (bicyclic) bond motifs is 1. The van der Waals surface area contributed by atoms with Crippen LogP contribution >= 0.6 is 0 Å². The van der Waals surface area contributed by atoms with Gasteiger partial charge in [-0.15, -0.1) is 10.2 Å². The van der Waals surface area contributed by atoms with Crippen LogP contribution in [-0.2, 0) is 6.18 Å². The standard InChI is InChI=1S/C8H5F3N2.ClHO4/c9-8(10,11)7-12-5-3-1-2-4-6(5)13-7;2-1(3,4)5/h1-4H,(H,12,13);(H,2,3,4,5). The van der Waals surface area contributed by atoms with Gasteiger partial charge >= 0.3 is 12.0 Å². The van der Waals surface area contributed by atoms with Crippen molar-refractivity contribution in [3.05, 3.63) is 30.1 Å².